The second-order valence-corrected chi connectivity index (χ2v) is 3.56. The van der Waals surface area contributed by atoms with E-state index in [0.29, 0.717) is 5.69 Å². The lowest BCUT2D eigenvalue weighted by Gasteiger charge is -2.23. The number of rotatable bonds is 2. The van der Waals surface area contributed by atoms with E-state index in [1.165, 1.54) is 12.3 Å². The molecule has 1 saturated carbocycles. The first-order valence-electron chi connectivity index (χ1n) is 4.75. The van der Waals surface area contributed by atoms with E-state index in [0.717, 1.165) is 19.3 Å². The molecule has 0 aliphatic heterocycles. The highest BCUT2D eigenvalue weighted by Crippen LogP contribution is 2.27. The zero-order chi connectivity index (χ0) is 9.97. The normalized spacial score (nSPS) is 16.0. The van der Waals surface area contributed by atoms with E-state index in [1.807, 2.05) is 0 Å². The largest absolute Gasteiger partial charge is 0.327 e. The number of amides is 1. The van der Waals surface area contributed by atoms with Gasteiger partial charge >= 0.3 is 0 Å². The smallest absolute Gasteiger partial charge is 0.248 e. The number of hydrogen-bond acceptors (Lipinski definition) is 2. The van der Waals surface area contributed by atoms with Gasteiger partial charge in [-0.3, -0.25) is 9.59 Å². The first-order valence-corrected chi connectivity index (χ1v) is 4.75. The molecule has 1 aromatic rings. The molecule has 0 saturated heterocycles. The summed E-state index contributed by atoms with van der Waals surface area (Å²) in [5.74, 6) is 0.227. The van der Waals surface area contributed by atoms with Gasteiger partial charge in [0.05, 0.1) is 5.69 Å². The summed E-state index contributed by atoms with van der Waals surface area (Å²) in [7, 11) is 0. The van der Waals surface area contributed by atoms with Gasteiger partial charge in [-0.2, -0.15) is 0 Å². The van der Waals surface area contributed by atoms with Gasteiger partial charge in [0.15, 0.2) is 0 Å². The number of anilines is 1. The maximum absolute atomic E-state index is 11.5. The van der Waals surface area contributed by atoms with E-state index < -0.39 is 0 Å². The fourth-order valence-corrected chi connectivity index (χ4v) is 1.40. The van der Waals surface area contributed by atoms with Crippen LogP contribution in [0.3, 0.4) is 0 Å². The molecule has 4 heteroatoms. The predicted octanol–water partition coefficient (Wildman–Crippen LogP) is 1.11. The Balaban J connectivity index is 1.99. The third kappa shape index (κ3) is 1.84. The number of pyridine rings is 1. The van der Waals surface area contributed by atoms with Crippen molar-refractivity contribution in [2.75, 3.05) is 5.32 Å². The summed E-state index contributed by atoms with van der Waals surface area (Å²) in [6, 6.07) is 3.01. The van der Waals surface area contributed by atoms with Crippen molar-refractivity contribution in [2.24, 2.45) is 5.92 Å². The molecule has 0 spiro atoms. The third-order valence-corrected chi connectivity index (χ3v) is 2.53. The SMILES string of the molecule is O=C(Nc1ccc(=O)[nH]c1)C1CCC1. The van der Waals surface area contributed by atoms with Crippen molar-refractivity contribution in [3.05, 3.63) is 28.7 Å². The van der Waals surface area contributed by atoms with E-state index in [1.54, 1.807) is 6.07 Å². The lowest BCUT2D eigenvalue weighted by atomic mass is 9.85. The maximum Gasteiger partial charge on any atom is 0.248 e. The first-order chi connectivity index (χ1) is 6.75. The molecular formula is C10H12N2O2. The van der Waals surface area contributed by atoms with Crippen LogP contribution in [0.15, 0.2) is 23.1 Å². The van der Waals surface area contributed by atoms with Crippen LogP contribution in [0.4, 0.5) is 5.69 Å². The van der Waals surface area contributed by atoms with Gasteiger partial charge in [-0.15, -0.1) is 0 Å². The Kier molecular flexibility index (Phi) is 2.35. The van der Waals surface area contributed by atoms with Crippen LogP contribution < -0.4 is 10.9 Å². The Bertz CT molecular complexity index is 373. The molecule has 1 heterocycles. The summed E-state index contributed by atoms with van der Waals surface area (Å²) in [4.78, 5) is 24.7. The Morgan fingerprint density at radius 1 is 1.43 bits per heavy atom. The van der Waals surface area contributed by atoms with E-state index in [4.69, 9.17) is 0 Å². The predicted molar refractivity (Wildman–Crippen MR) is 53.0 cm³/mol. The average molecular weight is 192 g/mol. The summed E-state index contributed by atoms with van der Waals surface area (Å²) < 4.78 is 0. The molecule has 0 aromatic carbocycles. The summed E-state index contributed by atoms with van der Waals surface area (Å²) >= 11 is 0. The molecule has 1 amide bonds. The highest BCUT2D eigenvalue weighted by Gasteiger charge is 2.24. The Hall–Kier alpha value is -1.58. The van der Waals surface area contributed by atoms with Crippen molar-refractivity contribution in [3.8, 4) is 0 Å². The Labute approximate surface area is 81.3 Å². The standard InChI is InChI=1S/C10H12N2O2/c13-9-5-4-8(6-11-9)12-10(14)7-2-1-3-7/h4-7H,1-3H2,(H,11,13)(H,12,14). The lowest BCUT2D eigenvalue weighted by molar-refractivity contribution is -0.122. The number of aromatic nitrogens is 1. The summed E-state index contributed by atoms with van der Waals surface area (Å²) in [6.45, 7) is 0. The van der Waals surface area contributed by atoms with Crippen LogP contribution in [0.25, 0.3) is 0 Å². The maximum atomic E-state index is 11.5. The van der Waals surface area contributed by atoms with Gasteiger partial charge in [-0.05, 0) is 18.9 Å². The third-order valence-electron chi connectivity index (χ3n) is 2.53. The lowest BCUT2D eigenvalue weighted by Crippen LogP contribution is -2.28. The molecule has 1 aliphatic rings. The Morgan fingerprint density at radius 2 is 2.21 bits per heavy atom. The zero-order valence-electron chi connectivity index (χ0n) is 7.75. The van der Waals surface area contributed by atoms with Crippen molar-refractivity contribution in [3.63, 3.8) is 0 Å². The topological polar surface area (TPSA) is 62.0 Å². The van der Waals surface area contributed by atoms with Crippen LogP contribution in [0.2, 0.25) is 0 Å². The Morgan fingerprint density at radius 3 is 2.71 bits per heavy atom. The minimum atomic E-state index is -0.161. The second kappa shape index (κ2) is 3.65. The molecule has 2 N–H and O–H groups in total. The number of carbonyl (C=O) groups excluding carboxylic acids is 1. The molecule has 0 bridgehead atoms. The van der Waals surface area contributed by atoms with Crippen LogP contribution >= 0.6 is 0 Å². The van der Waals surface area contributed by atoms with Crippen LogP contribution in [0.1, 0.15) is 19.3 Å². The van der Waals surface area contributed by atoms with Gasteiger partial charge in [0.25, 0.3) is 0 Å². The van der Waals surface area contributed by atoms with Crippen LogP contribution in [0.5, 0.6) is 0 Å². The molecule has 0 atom stereocenters. The van der Waals surface area contributed by atoms with Crippen molar-refractivity contribution < 1.29 is 4.79 Å². The van der Waals surface area contributed by atoms with E-state index in [-0.39, 0.29) is 17.4 Å². The van der Waals surface area contributed by atoms with Crippen molar-refractivity contribution in [1.82, 2.24) is 4.98 Å². The average Bonchev–Trinajstić information content (AvgIpc) is 2.06. The van der Waals surface area contributed by atoms with E-state index in [2.05, 4.69) is 10.3 Å². The van der Waals surface area contributed by atoms with Crippen molar-refractivity contribution in [1.29, 1.82) is 0 Å². The van der Waals surface area contributed by atoms with Gasteiger partial charge < -0.3 is 10.3 Å². The molecule has 1 aliphatic carbocycles. The molecule has 0 radical (unpaired) electrons. The fraction of sp³-hybridized carbons (Fsp3) is 0.400. The number of H-pyrrole nitrogens is 1. The first kappa shape index (κ1) is 8.99. The molecular weight excluding hydrogens is 180 g/mol. The van der Waals surface area contributed by atoms with Gasteiger partial charge in [0, 0.05) is 18.2 Å². The number of nitrogens with one attached hydrogen (secondary N) is 2. The number of aromatic amines is 1. The highest BCUT2D eigenvalue weighted by molar-refractivity contribution is 5.92. The minimum Gasteiger partial charge on any atom is -0.327 e. The summed E-state index contributed by atoms with van der Waals surface area (Å²) in [5.41, 5.74) is 0.494. The molecule has 0 unspecified atom stereocenters. The molecule has 4 nitrogen and oxygen atoms in total. The molecule has 14 heavy (non-hydrogen) atoms. The zero-order valence-corrected chi connectivity index (χ0v) is 7.75. The number of carbonyl (C=O) groups is 1. The van der Waals surface area contributed by atoms with Crippen LogP contribution in [0, 0.1) is 5.92 Å². The van der Waals surface area contributed by atoms with Crippen molar-refractivity contribution >= 4 is 11.6 Å². The van der Waals surface area contributed by atoms with E-state index >= 15 is 0 Å². The summed E-state index contributed by atoms with van der Waals surface area (Å²) in [5, 5.41) is 2.76. The molecule has 1 aromatic heterocycles. The highest BCUT2D eigenvalue weighted by atomic mass is 16.2. The molecule has 74 valence electrons. The molecule has 1 fully saturated rings. The second-order valence-electron chi connectivity index (χ2n) is 3.56. The van der Waals surface area contributed by atoms with Crippen molar-refractivity contribution in [2.45, 2.75) is 19.3 Å². The summed E-state index contributed by atoms with van der Waals surface area (Å²) in [6.07, 6.45) is 4.62. The molecule has 2 rings (SSSR count). The van der Waals surface area contributed by atoms with Crippen LogP contribution in [-0.2, 0) is 4.79 Å². The monoisotopic (exact) mass is 192 g/mol. The van der Waals surface area contributed by atoms with E-state index in [9.17, 15) is 9.59 Å². The van der Waals surface area contributed by atoms with Gasteiger partial charge in [0.2, 0.25) is 11.5 Å². The van der Waals surface area contributed by atoms with Gasteiger partial charge in [-0.25, -0.2) is 0 Å². The quantitative estimate of drug-likeness (QED) is 0.737. The minimum absolute atomic E-state index is 0.0586. The number of hydrogen-bond donors (Lipinski definition) is 2. The van der Waals surface area contributed by atoms with Crippen LogP contribution in [-0.4, -0.2) is 10.9 Å². The fourth-order valence-electron chi connectivity index (χ4n) is 1.40. The van der Waals surface area contributed by atoms with Gasteiger partial charge in [-0.1, -0.05) is 6.42 Å². The van der Waals surface area contributed by atoms with Gasteiger partial charge in [0.1, 0.15) is 0 Å².